The highest BCUT2D eigenvalue weighted by atomic mass is 15.1. The molecule has 0 bridgehead atoms. The van der Waals surface area contributed by atoms with Crippen LogP contribution in [0.5, 0.6) is 0 Å². The van der Waals surface area contributed by atoms with E-state index in [0.717, 1.165) is 31.7 Å². The number of pyridine rings is 1. The Kier molecular flexibility index (Phi) is 4.16. The maximum absolute atomic E-state index is 4.99. The molecule has 3 rings (SSSR count). The van der Waals surface area contributed by atoms with Crippen LogP contribution in [0.25, 0.3) is 21.9 Å². The van der Waals surface area contributed by atoms with E-state index in [1.54, 1.807) is 0 Å². The van der Waals surface area contributed by atoms with Gasteiger partial charge in [-0.2, -0.15) is 0 Å². The van der Waals surface area contributed by atoms with Gasteiger partial charge in [0.15, 0.2) is 0 Å². The Hall–Kier alpha value is -1.87. The van der Waals surface area contributed by atoms with Gasteiger partial charge in [-0.1, -0.05) is 39.0 Å². The summed E-state index contributed by atoms with van der Waals surface area (Å²) in [4.78, 5) is 7.44. The topological polar surface area (TPSA) is 21.1 Å². The summed E-state index contributed by atoms with van der Waals surface area (Å²) in [7, 11) is 2.11. The molecule has 1 aromatic carbocycles. The van der Waals surface area contributed by atoms with E-state index in [1.165, 1.54) is 27.5 Å². The van der Waals surface area contributed by atoms with Gasteiger partial charge in [-0.15, -0.1) is 0 Å². The third-order valence-corrected chi connectivity index (χ3v) is 4.67. The standard InChI is InChI=1S/C19H25N3/c1-5-17-14(13-22(6-2)7-3)12-16-15-10-8-9-11-18(15)21(4)19(16)20-17/h8-12H,5-7,13H2,1-4H3. The summed E-state index contributed by atoms with van der Waals surface area (Å²) in [5.74, 6) is 0. The molecule has 0 unspecified atom stereocenters. The van der Waals surface area contributed by atoms with E-state index in [0.29, 0.717) is 0 Å². The average Bonchev–Trinajstić information content (AvgIpc) is 2.84. The third-order valence-electron chi connectivity index (χ3n) is 4.67. The fourth-order valence-corrected chi connectivity index (χ4v) is 3.27. The monoisotopic (exact) mass is 295 g/mol. The van der Waals surface area contributed by atoms with Crippen molar-refractivity contribution in [1.29, 1.82) is 0 Å². The molecule has 0 N–H and O–H groups in total. The Morgan fingerprint density at radius 3 is 2.45 bits per heavy atom. The number of rotatable bonds is 5. The second kappa shape index (κ2) is 6.09. The van der Waals surface area contributed by atoms with Crippen molar-refractivity contribution in [2.24, 2.45) is 7.05 Å². The van der Waals surface area contributed by atoms with E-state index < -0.39 is 0 Å². The first kappa shape index (κ1) is 15.0. The fraction of sp³-hybridized carbons (Fsp3) is 0.421. The maximum Gasteiger partial charge on any atom is 0.141 e. The van der Waals surface area contributed by atoms with Crippen LogP contribution >= 0.6 is 0 Å². The Balaban J connectivity index is 2.22. The summed E-state index contributed by atoms with van der Waals surface area (Å²) < 4.78 is 2.21. The minimum absolute atomic E-state index is 0.980. The Labute approximate surface area is 132 Å². The second-order valence-corrected chi connectivity index (χ2v) is 5.86. The number of para-hydroxylation sites is 1. The lowest BCUT2D eigenvalue weighted by molar-refractivity contribution is 0.294. The normalized spacial score (nSPS) is 11.9. The molecule has 2 aromatic heterocycles. The quantitative estimate of drug-likeness (QED) is 0.705. The first-order chi connectivity index (χ1) is 10.7. The zero-order chi connectivity index (χ0) is 15.7. The second-order valence-electron chi connectivity index (χ2n) is 5.86. The predicted molar refractivity (Wildman–Crippen MR) is 94.2 cm³/mol. The van der Waals surface area contributed by atoms with Crippen molar-refractivity contribution in [3.8, 4) is 0 Å². The molecular formula is C19H25N3. The molecule has 0 radical (unpaired) electrons. The summed E-state index contributed by atoms with van der Waals surface area (Å²) in [6.07, 6.45) is 0.980. The fourth-order valence-electron chi connectivity index (χ4n) is 3.27. The number of aryl methyl sites for hydroxylation is 2. The molecule has 0 fully saturated rings. The molecule has 3 nitrogen and oxygen atoms in total. The van der Waals surface area contributed by atoms with Gasteiger partial charge in [0, 0.05) is 30.1 Å². The molecule has 116 valence electrons. The first-order valence-corrected chi connectivity index (χ1v) is 8.27. The predicted octanol–water partition coefficient (Wildman–Crippen LogP) is 4.13. The molecule has 0 amide bonds. The summed E-state index contributed by atoms with van der Waals surface area (Å²) in [5, 5.41) is 2.58. The molecule has 0 saturated carbocycles. The van der Waals surface area contributed by atoms with Gasteiger partial charge >= 0.3 is 0 Å². The van der Waals surface area contributed by atoms with Crippen molar-refractivity contribution in [2.75, 3.05) is 13.1 Å². The van der Waals surface area contributed by atoms with Crippen molar-refractivity contribution in [2.45, 2.75) is 33.7 Å². The van der Waals surface area contributed by atoms with Gasteiger partial charge in [0.25, 0.3) is 0 Å². The Morgan fingerprint density at radius 2 is 1.77 bits per heavy atom. The third kappa shape index (κ3) is 2.40. The number of benzene rings is 1. The first-order valence-electron chi connectivity index (χ1n) is 8.27. The molecule has 0 saturated heterocycles. The van der Waals surface area contributed by atoms with Crippen molar-refractivity contribution in [3.63, 3.8) is 0 Å². The molecule has 0 aliphatic heterocycles. The van der Waals surface area contributed by atoms with Crippen LogP contribution in [0, 0.1) is 0 Å². The summed E-state index contributed by atoms with van der Waals surface area (Å²) in [5.41, 5.74) is 4.95. The van der Waals surface area contributed by atoms with Crippen LogP contribution < -0.4 is 0 Å². The number of hydrogen-bond donors (Lipinski definition) is 0. The lowest BCUT2D eigenvalue weighted by atomic mass is 10.1. The average molecular weight is 295 g/mol. The molecule has 0 spiro atoms. The van der Waals surface area contributed by atoms with Gasteiger partial charge in [-0.05, 0) is 37.2 Å². The van der Waals surface area contributed by atoms with E-state index in [2.05, 4.69) is 67.6 Å². The molecule has 3 heteroatoms. The summed E-state index contributed by atoms with van der Waals surface area (Å²) in [6, 6.07) is 10.9. The molecule has 0 aliphatic rings. The number of hydrogen-bond acceptors (Lipinski definition) is 2. The van der Waals surface area contributed by atoms with Gasteiger partial charge in [0.1, 0.15) is 5.65 Å². The van der Waals surface area contributed by atoms with Gasteiger partial charge in [0.05, 0.1) is 5.52 Å². The highest BCUT2D eigenvalue weighted by Crippen LogP contribution is 2.29. The number of fused-ring (bicyclic) bond motifs is 3. The van der Waals surface area contributed by atoms with E-state index in [-0.39, 0.29) is 0 Å². The van der Waals surface area contributed by atoms with Crippen molar-refractivity contribution < 1.29 is 0 Å². The van der Waals surface area contributed by atoms with Gasteiger partial charge in [-0.3, -0.25) is 4.90 Å². The van der Waals surface area contributed by atoms with Crippen molar-refractivity contribution >= 4 is 21.9 Å². The highest BCUT2D eigenvalue weighted by Gasteiger charge is 2.14. The Bertz CT molecular complexity index is 797. The van der Waals surface area contributed by atoms with Crippen LogP contribution in [0.3, 0.4) is 0 Å². The summed E-state index contributed by atoms with van der Waals surface area (Å²) >= 11 is 0. The van der Waals surface area contributed by atoms with E-state index in [4.69, 9.17) is 4.98 Å². The van der Waals surface area contributed by atoms with Crippen molar-refractivity contribution in [1.82, 2.24) is 14.5 Å². The Morgan fingerprint density at radius 1 is 1.05 bits per heavy atom. The number of aromatic nitrogens is 2. The largest absolute Gasteiger partial charge is 0.328 e. The summed E-state index contributed by atoms with van der Waals surface area (Å²) in [6.45, 7) is 9.78. The van der Waals surface area contributed by atoms with Crippen LogP contribution in [0.1, 0.15) is 32.0 Å². The molecule has 2 heterocycles. The highest BCUT2D eigenvalue weighted by molar-refractivity contribution is 6.06. The van der Waals surface area contributed by atoms with Gasteiger partial charge in [0.2, 0.25) is 0 Å². The van der Waals surface area contributed by atoms with E-state index in [9.17, 15) is 0 Å². The van der Waals surface area contributed by atoms with Crippen LogP contribution in [0.15, 0.2) is 30.3 Å². The maximum atomic E-state index is 4.99. The van der Waals surface area contributed by atoms with Crippen LogP contribution in [0.2, 0.25) is 0 Å². The molecule has 0 aliphatic carbocycles. The zero-order valence-corrected chi connectivity index (χ0v) is 14.1. The molecule has 3 aromatic rings. The molecule has 22 heavy (non-hydrogen) atoms. The van der Waals surface area contributed by atoms with E-state index in [1.807, 2.05) is 0 Å². The number of nitrogens with zero attached hydrogens (tertiary/aromatic N) is 3. The minimum atomic E-state index is 0.980. The van der Waals surface area contributed by atoms with Gasteiger partial charge < -0.3 is 4.57 Å². The van der Waals surface area contributed by atoms with Gasteiger partial charge in [-0.25, -0.2) is 4.98 Å². The van der Waals surface area contributed by atoms with Crippen LogP contribution in [0.4, 0.5) is 0 Å². The minimum Gasteiger partial charge on any atom is -0.328 e. The van der Waals surface area contributed by atoms with Crippen LogP contribution in [-0.2, 0) is 20.0 Å². The SMILES string of the molecule is CCc1nc2c(cc1CN(CC)CC)c1ccccc1n2C. The van der Waals surface area contributed by atoms with E-state index >= 15 is 0 Å². The molecular weight excluding hydrogens is 270 g/mol. The lowest BCUT2D eigenvalue weighted by Crippen LogP contribution is -2.23. The zero-order valence-electron chi connectivity index (χ0n) is 14.1. The smallest absolute Gasteiger partial charge is 0.141 e. The van der Waals surface area contributed by atoms with Crippen LogP contribution in [-0.4, -0.2) is 27.5 Å². The molecule has 0 atom stereocenters. The lowest BCUT2D eigenvalue weighted by Gasteiger charge is -2.19. The van der Waals surface area contributed by atoms with Crippen molar-refractivity contribution in [3.05, 3.63) is 41.6 Å².